The van der Waals surface area contributed by atoms with Crippen molar-refractivity contribution in [2.24, 2.45) is 5.73 Å². The lowest BCUT2D eigenvalue weighted by Crippen LogP contribution is -2.22. The van der Waals surface area contributed by atoms with Gasteiger partial charge in [0.2, 0.25) is 0 Å². The summed E-state index contributed by atoms with van der Waals surface area (Å²) in [5.41, 5.74) is 7.37. The van der Waals surface area contributed by atoms with Gasteiger partial charge in [0.15, 0.2) is 0 Å². The van der Waals surface area contributed by atoms with Crippen molar-refractivity contribution in [1.29, 1.82) is 0 Å². The van der Waals surface area contributed by atoms with E-state index in [2.05, 4.69) is 15.0 Å². The molecule has 2 rings (SSSR count). The van der Waals surface area contributed by atoms with Crippen molar-refractivity contribution in [2.75, 3.05) is 0 Å². The fraction of sp³-hybridized carbons (Fsp3) is 0.250. The number of nitrogens with two attached hydrogens (primary N) is 1. The molecule has 0 aliphatic rings. The number of rotatable bonds is 3. The number of aromatic nitrogens is 3. The number of hydrogen-bond acceptors (Lipinski definition) is 4. The quantitative estimate of drug-likeness (QED) is 0.813. The summed E-state index contributed by atoms with van der Waals surface area (Å²) < 4.78 is 0. The number of hydrogen-bond donors (Lipinski definition) is 2. The van der Waals surface area contributed by atoms with Crippen molar-refractivity contribution in [3.63, 3.8) is 0 Å². The number of pyridine rings is 1. The Kier molecular flexibility index (Phi) is 3.30. The van der Waals surface area contributed by atoms with E-state index in [0.29, 0.717) is 17.8 Å². The highest BCUT2D eigenvalue weighted by Crippen LogP contribution is 2.12. The fourth-order valence-corrected chi connectivity index (χ4v) is 1.61. The van der Waals surface area contributed by atoms with Crippen LogP contribution in [0.5, 0.6) is 0 Å². The van der Waals surface area contributed by atoms with Gasteiger partial charge in [0.25, 0.3) is 0 Å². The monoisotopic (exact) mass is 230 g/mol. The Balaban J connectivity index is 2.42. The van der Waals surface area contributed by atoms with Crippen LogP contribution in [-0.4, -0.2) is 21.0 Å². The predicted octanol–water partition coefficient (Wildman–Crippen LogP) is 0.722. The normalized spacial score (nSPS) is 12.4. The maximum atomic E-state index is 11.4. The maximum Gasteiger partial charge on any atom is 0.345 e. The summed E-state index contributed by atoms with van der Waals surface area (Å²) in [5, 5.41) is 0. The average Bonchev–Trinajstić information content (AvgIpc) is 2.28. The summed E-state index contributed by atoms with van der Waals surface area (Å²) in [6.45, 7) is 1.89. The Morgan fingerprint density at radius 1 is 1.41 bits per heavy atom. The zero-order valence-electron chi connectivity index (χ0n) is 9.55. The molecule has 2 aromatic heterocycles. The smallest absolute Gasteiger partial charge is 0.328 e. The van der Waals surface area contributed by atoms with Gasteiger partial charge in [-0.25, -0.2) is 4.79 Å². The standard InChI is InChI=1S/C12H14N4O/c1-8(13)6-9-7-11(16-12(17)15-9)10-4-2-3-5-14-10/h2-5,7-8H,6,13H2,1H3,(H,15,16,17). The average molecular weight is 230 g/mol. The molecule has 1 atom stereocenters. The Morgan fingerprint density at radius 2 is 2.24 bits per heavy atom. The van der Waals surface area contributed by atoms with E-state index >= 15 is 0 Å². The molecule has 0 saturated carbocycles. The van der Waals surface area contributed by atoms with Gasteiger partial charge in [-0.15, -0.1) is 0 Å². The Morgan fingerprint density at radius 3 is 2.88 bits per heavy atom. The zero-order chi connectivity index (χ0) is 12.3. The van der Waals surface area contributed by atoms with Crippen molar-refractivity contribution < 1.29 is 0 Å². The van der Waals surface area contributed by atoms with Crippen LogP contribution in [0.3, 0.4) is 0 Å². The van der Waals surface area contributed by atoms with Crippen molar-refractivity contribution in [3.05, 3.63) is 46.6 Å². The molecule has 2 aromatic rings. The van der Waals surface area contributed by atoms with Crippen LogP contribution in [0.1, 0.15) is 12.6 Å². The molecule has 0 fully saturated rings. The fourth-order valence-electron chi connectivity index (χ4n) is 1.61. The van der Waals surface area contributed by atoms with E-state index in [-0.39, 0.29) is 11.7 Å². The van der Waals surface area contributed by atoms with Gasteiger partial charge in [-0.2, -0.15) is 4.98 Å². The van der Waals surface area contributed by atoms with E-state index in [1.165, 1.54) is 0 Å². The van der Waals surface area contributed by atoms with Gasteiger partial charge in [-0.1, -0.05) is 6.07 Å². The highest BCUT2D eigenvalue weighted by atomic mass is 16.1. The molecule has 5 nitrogen and oxygen atoms in total. The number of aromatic amines is 1. The van der Waals surface area contributed by atoms with Crippen LogP contribution in [0.2, 0.25) is 0 Å². The number of H-pyrrole nitrogens is 1. The molecule has 5 heteroatoms. The second-order valence-corrected chi connectivity index (χ2v) is 3.99. The molecule has 0 spiro atoms. The summed E-state index contributed by atoms with van der Waals surface area (Å²) in [6.07, 6.45) is 2.28. The number of nitrogens with zero attached hydrogens (tertiary/aromatic N) is 2. The summed E-state index contributed by atoms with van der Waals surface area (Å²) in [5.74, 6) is 0. The van der Waals surface area contributed by atoms with Crippen LogP contribution < -0.4 is 11.4 Å². The Hall–Kier alpha value is -2.01. The molecule has 0 aliphatic carbocycles. The number of nitrogens with one attached hydrogen (secondary N) is 1. The van der Waals surface area contributed by atoms with Crippen LogP contribution in [0, 0.1) is 0 Å². The topological polar surface area (TPSA) is 84.7 Å². The van der Waals surface area contributed by atoms with Gasteiger partial charge in [0.1, 0.15) is 0 Å². The van der Waals surface area contributed by atoms with Crippen molar-refractivity contribution in [3.8, 4) is 11.4 Å². The third-order valence-electron chi connectivity index (χ3n) is 2.27. The van der Waals surface area contributed by atoms with Crippen molar-refractivity contribution in [2.45, 2.75) is 19.4 Å². The minimum absolute atomic E-state index is 0.00960. The summed E-state index contributed by atoms with van der Waals surface area (Å²) in [7, 11) is 0. The first-order valence-corrected chi connectivity index (χ1v) is 5.42. The van der Waals surface area contributed by atoms with E-state index < -0.39 is 0 Å². The summed E-state index contributed by atoms with van der Waals surface area (Å²) >= 11 is 0. The third kappa shape index (κ3) is 2.98. The molecule has 0 aliphatic heterocycles. The van der Waals surface area contributed by atoms with Gasteiger partial charge in [-0.3, -0.25) is 4.98 Å². The molecule has 2 heterocycles. The lowest BCUT2D eigenvalue weighted by atomic mass is 10.1. The molecular formula is C12H14N4O. The van der Waals surface area contributed by atoms with E-state index in [9.17, 15) is 4.79 Å². The maximum absolute atomic E-state index is 11.4. The molecule has 1 unspecified atom stereocenters. The van der Waals surface area contributed by atoms with Gasteiger partial charge in [0, 0.05) is 24.4 Å². The van der Waals surface area contributed by atoms with Crippen LogP contribution in [-0.2, 0) is 6.42 Å². The molecule has 0 amide bonds. The van der Waals surface area contributed by atoms with Crippen LogP contribution >= 0.6 is 0 Å². The predicted molar refractivity (Wildman–Crippen MR) is 65.4 cm³/mol. The highest BCUT2D eigenvalue weighted by Gasteiger charge is 2.05. The van der Waals surface area contributed by atoms with E-state index in [1.54, 1.807) is 6.20 Å². The Bertz CT molecular complexity index is 548. The minimum atomic E-state index is -0.371. The first-order chi connectivity index (χ1) is 8.15. The lowest BCUT2D eigenvalue weighted by Gasteiger charge is -2.06. The van der Waals surface area contributed by atoms with E-state index in [0.717, 1.165) is 5.69 Å². The van der Waals surface area contributed by atoms with E-state index in [1.807, 2.05) is 31.2 Å². The highest BCUT2D eigenvalue weighted by molar-refractivity contribution is 5.53. The first-order valence-electron chi connectivity index (χ1n) is 5.42. The van der Waals surface area contributed by atoms with Crippen LogP contribution in [0.4, 0.5) is 0 Å². The zero-order valence-corrected chi connectivity index (χ0v) is 9.55. The molecular weight excluding hydrogens is 216 g/mol. The van der Waals surface area contributed by atoms with Gasteiger partial charge in [0.05, 0.1) is 11.4 Å². The molecule has 0 bridgehead atoms. The largest absolute Gasteiger partial charge is 0.345 e. The van der Waals surface area contributed by atoms with Crippen molar-refractivity contribution >= 4 is 0 Å². The summed E-state index contributed by atoms with van der Waals surface area (Å²) in [6, 6.07) is 7.30. The van der Waals surface area contributed by atoms with Gasteiger partial charge < -0.3 is 10.7 Å². The lowest BCUT2D eigenvalue weighted by molar-refractivity contribution is 0.716. The molecule has 0 saturated heterocycles. The molecule has 0 radical (unpaired) electrons. The van der Waals surface area contributed by atoms with Gasteiger partial charge >= 0.3 is 5.69 Å². The molecule has 88 valence electrons. The summed E-state index contributed by atoms with van der Waals surface area (Å²) in [4.78, 5) is 22.2. The first kappa shape index (κ1) is 11.5. The van der Waals surface area contributed by atoms with Crippen LogP contribution in [0.25, 0.3) is 11.4 Å². The third-order valence-corrected chi connectivity index (χ3v) is 2.27. The second-order valence-electron chi connectivity index (χ2n) is 3.99. The molecule has 3 N–H and O–H groups in total. The van der Waals surface area contributed by atoms with Crippen LogP contribution in [0.15, 0.2) is 35.3 Å². The molecule has 17 heavy (non-hydrogen) atoms. The van der Waals surface area contributed by atoms with Gasteiger partial charge in [-0.05, 0) is 25.1 Å². The molecule has 0 aromatic carbocycles. The minimum Gasteiger partial charge on any atom is -0.328 e. The van der Waals surface area contributed by atoms with E-state index in [4.69, 9.17) is 5.73 Å². The second kappa shape index (κ2) is 4.88. The SMILES string of the molecule is CC(N)Cc1cc(-c2ccccn2)nc(=O)[nH]1. The Labute approximate surface area is 98.7 Å². The van der Waals surface area contributed by atoms with Crippen molar-refractivity contribution in [1.82, 2.24) is 15.0 Å².